The van der Waals surface area contributed by atoms with Gasteiger partial charge in [0, 0.05) is 38.3 Å². The van der Waals surface area contributed by atoms with E-state index >= 15 is 0 Å². The summed E-state index contributed by atoms with van der Waals surface area (Å²) in [5, 5.41) is 7.35. The van der Waals surface area contributed by atoms with Gasteiger partial charge in [-0.05, 0) is 69.2 Å². The lowest BCUT2D eigenvalue weighted by atomic mass is 9.81. The van der Waals surface area contributed by atoms with E-state index in [0.717, 1.165) is 76.8 Å². The highest BCUT2D eigenvalue weighted by atomic mass is 16.7. The van der Waals surface area contributed by atoms with Crippen molar-refractivity contribution in [3.05, 3.63) is 0 Å². The summed E-state index contributed by atoms with van der Waals surface area (Å²) in [6, 6.07) is 0.360. The summed E-state index contributed by atoms with van der Waals surface area (Å²) in [5.74, 6) is 2.74. The highest BCUT2D eigenvalue weighted by molar-refractivity contribution is 5.81. The molecule has 0 bridgehead atoms. The van der Waals surface area contributed by atoms with Crippen LogP contribution in [-0.4, -0.2) is 62.1 Å². The molecule has 0 aromatic carbocycles. The summed E-state index contributed by atoms with van der Waals surface area (Å²) < 4.78 is 5.60. The third-order valence-corrected chi connectivity index (χ3v) is 7.39. The van der Waals surface area contributed by atoms with Crippen molar-refractivity contribution in [2.24, 2.45) is 23.7 Å². The maximum Gasteiger partial charge on any atom is 0.225 e. The molecule has 0 radical (unpaired) electrons. The molecule has 4 aliphatic heterocycles. The van der Waals surface area contributed by atoms with Gasteiger partial charge in [0.2, 0.25) is 5.91 Å². The number of piperidine rings is 2. The maximum absolute atomic E-state index is 12.2. The second-order valence-electron chi connectivity index (χ2n) is 9.21. The number of rotatable bonds is 4. The van der Waals surface area contributed by atoms with Gasteiger partial charge in [0.05, 0.1) is 6.17 Å². The summed E-state index contributed by atoms with van der Waals surface area (Å²) in [7, 11) is 0. The van der Waals surface area contributed by atoms with Crippen molar-refractivity contribution in [1.82, 2.24) is 21.0 Å². The highest BCUT2D eigenvalue weighted by Gasteiger charge is 2.41. The first kappa shape index (κ1) is 18.3. The standard InChI is InChI=1S/C20H34N4O3/c25-20(14-1-2-14)24-8-4-13(5-9-24)18-22-19(27-23-18)17-11-15(3-7-21-17)16-6-10-26-12-16/h13-19,21-23H,1-12H2. The van der Waals surface area contributed by atoms with Gasteiger partial charge in [-0.15, -0.1) is 0 Å². The lowest BCUT2D eigenvalue weighted by molar-refractivity contribution is -0.134. The van der Waals surface area contributed by atoms with Crippen LogP contribution in [0, 0.1) is 23.7 Å². The van der Waals surface area contributed by atoms with Gasteiger partial charge in [-0.3, -0.25) is 14.9 Å². The van der Waals surface area contributed by atoms with E-state index in [0.29, 0.717) is 23.8 Å². The average molecular weight is 379 g/mol. The van der Waals surface area contributed by atoms with Gasteiger partial charge in [-0.2, -0.15) is 5.48 Å². The Balaban J connectivity index is 1.10. The molecule has 1 aliphatic carbocycles. The molecule has 0 aromatic rings. The molecular formula is C20H34N4O3. The predicted molar refractivity (Wildman–Crippen MR) is 100 cm³/mol. The normalized spacial score (nSPS) is 41.2. The molecule has 27 heavy (non-hydrogen) atoms. The number of nitrogens with one attached hydrogen (secondary N) is 3. The number of hydrogen-bond acceptors (Lipinski definition) is 6. The quantitative estimate of drug-likeness (QED) is 0.673. The fourth-order valence-electron chi connectivity index (χ4n) is 5.43. The molecule has 5 rings (SSSR count). The van der Waals surface area contributed by atoms with Crippen LogP contribution in [0.3, 0.4) is 0 Å². The lowest BCUT2D eigenvalue weighted by Crippen LogP contribution is -2.53. The summed E-state index contributed by atoms with van der Waals surface area (Å²) in [6.45, 7) is 4.74. The fourth-order valence-corrected chi connectivity index (χ4v) is 5.43. The number of ether oxygens (including phenoxy) is 1. The predicted octanol–water partition coefficient (Wildman–Crippen LogP) is 0.816. The first-order valence-corrected chi connectivity index (χ1v) is 11.0. The fraction of sp³-hybridized carbons (Fsp3) is 0.950. The molecule has 1 amide bonds. The summed E-state index contributed by atoms with van der Waals surface area (Å²) in [6.07, 6.45) is 8.17. The first-order chi connectivity index (χ1) is 13.3. The Kier molecular flexibility index (Phi) is 5.39. The van der Waals surface area contributed by atoms with Crippen molar-refractivity contribution in [1.29, 1.82) is 0 Å². The van der Waals surface area contributed by atoms with Gasteiger partial charge in [0.25, 0.3) is 0 Å². The van der Waals surface area contributed by atoms with Crippen molar-refractivity contribution in [3.63, 3.8) is 0 Å². The minimum Gasteiger partial charge on any atom is -0.381 e. The Bertz CT molecular complexity index is 529. The Morgan fingerprint density at radius 2 is 1.81 bits per heavy atom. The molecule has 3 N–H and O–H groups in total. The molecule has 4 saturated heterocycles. The van der Waals surface area contributed by atoms with E-state index in [1.54, 1.807) is 0 Å². The maximum atomic E-state index is 12.2. The minimum atomic E-state index is 0.0336. The molecule has 0 aromatic heterocycles. The van der Waals surface area contributed by atoms with Gasteiger partial charge in [-0.25, -0.2) is 0 Å². The van der Waals surface area contributed by atoms with Gasteiger partial charge in [0.15, 0.2) is 0 Å². The molecule has 152 valence electrons. The molecule has 5 aliphatic rings. The number of carbonyl (C=O) groups is 1. The zero-order valence-electron chi connectivity index (χ0n) is 16.2. The number of nitrogens with zero attached hydrogens (tertiary/aromatic N) is 1. The van der Waals surface area contributed by atoms with Crippen LogP contribution in [0.2, 0.25) is 0 Å². The first-order valence-electron chi connectivity index (χ1n) is 11.0. The zero-order valence-corrected chi connectivity index (χ0v) is 16.2. The second kappa shape index (κ2) is 7.95. The smallest absolute Gasteiger partial charge is 0.225 e. The van der Waals surface area contributed by atoms with E-state index in [-0.39, 0.29) is 12.4 Å². The summed E-state index contributed by atoms with van der Waals surface area (Å²) in [4.78, 5) is 20.3. The topological polar surface area (TPSA) is 74.9 Å². The third kappa shape index (κ3) is 4.03. The van der Waals surface area contributed by atoms with Crippen molar-refractivity contribution in [2.45, 2.75) is 63.4 Å². The van der Waals surface area contributed by atoms with Crippen LogP contribution in [0.1, 0.15) is 44.9 Å². The molecule has 4 heterocycles. The van der Waals surface area contributed by atoms with Crippen molar-refractivity contribution in [2.75, 3.05) is 32.8 Å². The van der Waals surface area contributed by atoms with Gasteiger partial charge in [-0.1, -0.05) is 0 Å². The Morgan fingerprint density at radius 1 is 0.963 bits per heavy atom. The molecule has 5 unspecified atom stereocenters. The number of amides is 1. The van der Waals surface area contributed by atoms with Gasteiger partial charge >= 0.3 is 0 Å². The largest absolute Gasteiger partial charge is 0.381 e. The molecule has 7 heteroatoms. The average Bonchev–Trinajstić information content (AvgIpc) is 3.21. The highest BCUT2D eigenvalue weighted by Crippen LogP contribution is 2.34. The van der Waals surface area contributed by atoms with Crippen LogP contribution >= 0.6 is 0 Å². The van der Waals surface area contributed by atoms with Crippen molar-refractivity contribution < 1.29 is 14.4 Å². The number of carbonyl (C=O) groups excluding carboxylic acids is 1. The van der Waals surface area contributed by atoms with Crippen LogP contribution in [0.4, 0.5) is 0 Å². The number of hydroxylamine groups is 1. The van der Waals surface area contributed by atoms with E-state index in [9.17, 15) is 4.79 Å². The van der Waals surface area contributed by atoms with Crippen LogP contribution < -0.4 is 16.1 Å². The van der Waals surface area contributed by atoms with E-state index in [1.165, 1.54) is 12.8 Å². The van der Waals surface area contributed by atoms with E-state index in [4.69, 9.17) is 9.57 Å². The van der Waals surface area contributed by atoms with Crippen molar-refractivity contribution >= 4 is 5.91 Å². The Hall–Kier alpha value is -0.730. The molecule has 7 nitrogen and oxygen atoms in total. The number of likely N-dealkylation sites (tertiary alicyclic amines) is 1. The lowest BCUT2D eigenvalue weighted by Gasteiger charge is -2.36. The van der Waals surface area contributed by atoms with Gasteiger partial charge < -0.3 is 15.0 Å². The summed E-state index contributed by atoms with van der Waals surface area (Å²) in [5.41, 5.74) is 3.26. The Morgan fingerprint density at radius 3 is 2.56 bits per heavy atom. The van der Waals surface area contributed by atoms with Crippen molar-refractivity contribution in [3.8, 4) is 0 Å². The van der Waals surface area contributed by atoms with Crippen LogP contribution in [0.15, 0.2) is 0 Å². The minimum absolute atomic E-state index is 0.0336. The zero-order chi connectivity index (χ0) is 18.2. The Labute approximate surface area is 161 Å². The molecular weight excluding hydrogens is 344 g/mol. The van der Waals surface area contributed by atoms with Crippen LogP contribution in [0.5, 0.6) is 0 Å². The molecule has 0 spiro atoms. The SMILES string of the molecule is O=C(C1CC1)N1CCC(C2NOC(C3CC(C4CCOC4)CCN3)N2)CC1. The molecule has 1 saturated carbocycles. The molecule has 5 fully saturated rings. The summed E-state index contributed by atoms with van der Waals surface area (Å²) >= 11 is 0. The van der Waals surface area contributed by atoms with E-state index in [1.807, 2.05) is 0 Å². The molecule has 5 atom stereocenters. The second-order valence-corrected chi connectivity index (χ2v) is 9.21. The van der Waals surface area contributed by atoms with Crippen LogP contribution in [-0.2, 0) is 14.4 Å². The number of hydrogen-bond donors (Lipinski definition) is 3. The van der Waals surface area contributed by atoms with E-state index in [2.05, 4.69) is 21.0 Å². The third-order valence-electron chi connectivity index (χ3n) is 7.39. The van der Waals surface area contributed by atoms with E-state index < -0.39 is 0 Å². The van der Waals surface area contributed by atoms with Gasteiger partial charge in [0.1, 0.15) is 6.23 Å². The van der Waals surface area contributed by atoms with Crippen LogP contribution in [0.25, 0.3) is 0 Å². The monoisotopic (exact) mass is 378 g/mol.